The number of hydrogen-bond acceptors (Lipinski definition) is 3. The summed E-state index contributed by atoms with van der Waals surface area (Å²) in [5.74, 6) is 1.37. The molecule has 3 aromatic rings. The topological polar surface area (TPSA) is 61.7 Å². The molecule has 1 heterocycles. The van der Waals surface area contributed by atoms with Gasteiger partial charge in [0.1, 0.15) is 17.6 Å². The van der Waals surface area contributed by atoms with Crippen molar-refractivity contribution in [2.45, 2.75) is 6.92 Å². The number of allylic oxidation sites excluding steroid dienone is 1. The molecule has 0 unspecified atom stereocenters. The molecule has 0 radical (unpaired) electrons. The number of nitrogens with zero attached hydrogens (tertiary/aromatic N) is 2. The molecule has 1 aromatic heterocycles. The Kier molecular flexibility index (Phi) is 3.63. The summed E-state index contributed by atoms with van der Waals surface area (Å²) in [6.07, 6.45) is 1.81. The van der Waals surface area contributed by atoms with Crippen LogP contribution in [0.25, 0.3) is 22.7 Å². The van der Waals surface area contributed by atoms with Crippen molar-refractivity contribution in [3.8, 4) is 11.8 Å². The number of H-pyrrole nitrogens is 1. The number of ether oxygens (including phenoxy) is 1. The van der Waals surface area contributed by atoms with Crippen LogP contribution in [0.1, 0.15) is 17.0 Å². The molecule has 0 amide bonds. The first-order chi connectivity index (χ1) is 10.7. The molecule has 108 valence electrons. The van der Waals surface area contributed by atoms with Crippen molar-refractivity contribution in [2.75, 3.05) is 7.11 Å². The van der Waals surface area contributed by atoms with Gasteiger partial charge in [-0.25, -0.2) is 4.98 Å². The molecule has 0 atom stereocenters. The van der Waals surface area contributed by atoms with E-state index in [-0.39, 0.29) is 0 Å². The maximum Gasteiger partial charge on any atom is 0.149 e. The predicted octanol–water partition coefficient (Wildman–Crippen LogP) is 3.94. The third-order valence-corrected chi connectivity index (χ3v) is 3.44. The first kappa shape index (κ1) is 13.9. The summed E-state index contributed by atoms with van der Waals surface area (Å²) >= 11 is 0. The number of hydrogen-bond donors (Lipinski definition) is 1. The lowest BCUT2D eigenvalue weighted by atomic mass is 10.1. The number of benzene rings is 2. The van der Waals surface area contributed by atoms with Crippen LogP contribution in [0.4, 0.5) is 0 Å². The second-order valence-corrected chi connectivity index (χ2v) is 5.05. The maximum atomic E-state index is 9.42. The molecular formula is C18H15N3O. The molecule has 2 aromatic carbocycles. The summed E-state index contributed by atoms with van der Waals surface area (Å²) in [6.45, 7) is 2.03. The van der Waals surface area contributed by atoms with E-state index in [1.807, 2.05) is 55.5 Å². The van der Waals surface area contributed by atoms with E-state index in [2.05, 4.69) is 16.0 Å². The molecule has 1 N–H and O–H groups in total. The number of aromatic amines is 1. The molecule has 4 heteroatoms. The third kappa shape index (κ3) is 2.70. The van der Waals surface area contributed by atoms with Crippen LogP contribution in [0.3, 0.4) is 0 Å². The van der Waals surface area contributed by atoms with Crippen molar-refractivity contribution in [3.63, 3.8) is 0 Å². The van der Waals surface area contributed by atoms with E-state index < -0.39 is 0 Å². The number of nitrogens with one attached hydrogen (secondary N) is 1. The molecular weight excluding hydrogens is 274 g/mol. The normalized spacial score (nSPS) is 11.4. The number of imidazole rings is 1. The minimum atomic E-state index is 0.499. The molecule has 0 saturated carbocycles. The Labute approximate surface area is 128 Å². The SMILES string of the molecule is COc1ccc(C=C(C#N)c2nc3ccc(C)cc3[nH]2)cc1. The molecule has 0 saturated heterocycles. The van der Waals surface area contributed by atoms with Gasteiger partial charge in [-0.05, 0) is 48.4 Å². The first-order valence-electron chi connectivity index (χ1n) is 6.92. The summed E-state index contributed by atoms with van der Waals surface area (Å²) in [5, 5.41) is 9.42. The average Bonchev–Trinajstić information content (AvgIpc) is 2.96. The van der Waals surface area contributed by atoms with Gasteiger partial charge in [0.15, 0.2) is 0 Å². The smallest absolute Gasteiger partial charge is 0.149 e. The van der Waals surface area contributed by atoms with Gasteiger partial charge in [0.05, 0.1) is 23.7 Å². The van der Waals surface area contributed by atoms with Crippen molar-refractivity contribution in [1.29, 1.82) is 5.26 Å². The zero-order chi connectivity index (χ0) is 15.5. The Bertz CT molecular complexity index is 883. The van der Waals surface area contributed by atoms with E-state index in [0.29, 0.717) is 11.4 Å². The van der Waals surface area contributed by atoms with Crippen LogP contribution in [-0.2, 0) is 0 Å². The molecule has 0 fully saturated rings. The van der Waals surface area contributed by atoms with E-state index >= 15 is 0 Å². The quantitative estimate of drug-likeness (QED) is 0.743. The van der Waals surface area contributed by atoms with Crippen molar-refractivity contribution >= 4 is 22.7 Å². The number of fused-ring (bicyclic) bond motifs is 1. The molecule has 0 aliphatic heterocycles. The molecule has 0 bridgehead atoms. The molecule has 0 aliphatic carbocycles. The first-order valence-corrected chi connectivity index (χ1v) is 6.92. The van der Waals surface area contributed by atoms with E-state index in [4.69, 9.17) is 4.74 Å². The Morgan fingerprint density at radius 2 is 2.00 bits per heavy atom. The van der Waals surface area contributed by atoms with Crippen LogP contribution in [0.15, 0.2) is 42.5 Å². The summed E-state index contributed by atoms with van der Waals surface area (Å²) in [6, 6.07) is 15.7. The second kappa shape index (κ2) is 5.74. The summed E-state index contributed by atoms with van der Waals surface area (Å²) < 4.78 is 5.13. The maximum absolute atomic E-state index is 9.42. The van der Waals surface area contributed by atoms with Crippen LogP contribution in [0.2, 0.25) is 0 Å². The van der Waals surface area contributed by atoms with Crippen LogP contribution in [0, 0.1) is 18.3 Å². The Morgan fingerprint density at radius 1 is 1.23 bits per heavy atom. The molecule has 4 nitrogen and oxygen atoms in total. The van der Waals surface area contributed by atoms with Gasteiger partial charge in [-0.2, -0.15) is 5.26 Å². The van der Waals surface area contributed by atoms with Crippen LogP contribution < -0.4 is 4.74 Å². The minimum absolute atomic E-state index is 0.499. The average molecular weight is 289 g/mol. The van der Waals surface area contributed by atoms with Crippen LogP contribution in [0.5, 0.6) is 5.75 Å². The highest BCUT2D eigenvalue weighted by Crippen LogP contribution is 2.21. The third-order valence-electron chi connectivity index (χ3n) is 3.44. The van der Waals surface area contributed by atoms with E-state index in [9.17, 15) is 5.26 Å². The number of aromatic nitrogens is 2. The van der Waals surface area contributed by atoms with Crippen LogP contribution in [-0.4, -0.2) is 17.1 Å². The van der Waals surface area contributed by atoms with Gasteiger partial charge in [0, 0.05) is 0 Å². The zero-order valence-corrected chi connectivity index (χ0v) is 12.4. The zero-order valence-electron chi connectivity index (χ0n) is 12.4. The molecule has 0 aliphatic rings. The van der Waals surface area contributed by atoms with Crippen molar-refractivity contribution in [2.24, 2.45) is 0 Å². The second-order valence-electron chi connectivity index (χ2n) is 5.05. The van der Waals surface area contributed by atoms with Gasteiger partial charge in [-0.3, -0.25) is 0 Å². The predicted molar refractivity (Wildman–Crippen MR) is 87.3 cm³/mol. The highest BCUT2D eigenvalue weighted by Gasteiger charge is 2.08. The Balaban J connectivity index is 2.01. The highest BCUT2D eigenvalue weighted by atomic mass is 16.5. The lowest BCUT2D eigenvalue weighted by molar-refractivity contribution is 0.415. The van der Waals surface area contributed by atoms with E-state index in [1.165, 1.54) is 0 Å². The summed E-state index contributed by atoms with van der Waals surface area (Å²) in [7, 11) is 1.63. The lowest BCUT2D eigenvalue weighted by Gasteiger charge is -2.00. The highest BCUT2D eigenvalue weighted by molar-refractivity contribution is 5.90. The molecule has 22 heavy (non-hydrogen) atoms. The van der Waals surface area contributed by atoms with Gasteiger partial charge in [-0.1, -0.05) is 18.2 Å². The largest absolute Gasteiger partial charge is 0.497 e. The fourth-order valence-corrected chi connectivity index (χ4v) is 2.27. The van der Waals surface area contributed by atoms with Gasteiger partial charge in [-0.15, -0.1) is 0 Å². The van der Waals surface area contributed by atoms with E-state index in [0.717, 1.165) is 27.9 Å². The minimum Gasteiger partial charge on any atom is -0.497 e. The van der Waals surface area contributed by atoms with Gasteiger partial charge in [0.25, 0.3) is 0 Å². The fraction of sp³-hybridized carbons (Fsp3) is 0.111. The van der Waals surface area contributed by atoms with Gasteiger partial charge in [0.2, 0.25) is 0 Å². The molecule has 0 spiro atoms. The number of methoxy groups -OCH3 is 1. The standard InChI is InChI=1S/C18H15N3O/c1-12-3-8-16-17(9-12)21-18(20-16)14(11-19)10-13-4-6-15(22-2)7-5-13/h3-10H,1-2H3,(H,20,21). The summed E-state index contributed by atoms with van der Waals surface area (Å²) in [5.41, 5.74) is 4.37. The Hall–Kier alpha value is -3.06. The fourth-order valence-electron chi connectivity index (χ4n) is 2.27. The van der Waals surface area contributed by atoms with Crippen molar-refractivity contribution in [1.82, 2.24) is 9.97 Å². The molecule has 3 rings (SSSR count). The number of rotatable bonds is 3. The summed E-state index contributed by atoms with van der Waals surface area (Å²) in [4.78, 5) is 7.69. The number of aryl methyl sites for hydroxylation is 1. The van der Waals surface area contributed by atoms with Crippen LogP contribution >= 0.6 is 0 Å². The van der Waals surface area contributed by atoms with E-state index in [1.54, 1.807) is 7.11 Å². The van der Waals surface area contributed by atoms with Crippen molar-refractivity contribution < 1.29 is 4.74 Å². The van der Waals surface area contributed by atoms with Gasteiger partial charge >= 0.3 is 0 Å². The number of nitriles is 1. The Morgan fingerprint density at radius 3 is 2.68 bits per heavy atom. The van der Waals surface area contributed by atoms with Crippen molar-refractivity contribution in [3.05, 3.63) is 59.4 Å². The lowest BCUT2D eigenvalue weighted by Crippen LogP contribution is -1.86. The monoisotopic (exact) mass is 289 g/mol. The van der Waals surface area contributed by atoms with Gasteiger partial charge < -0.3 is 9.72 Å².